The van der Waals surface area contributed by atoms with Gasteiger partial charge in [-0.3, -0.25) is 9.59 Å². The van der Waals surface area contributed by atoms with Crippen LogP contribution in [-0.2, 0) is 9.59 Å². The van der Waals surface area contributed by atoms with Crippen molar-refractivity contribution < 1.29 is 14.7 Å². The van der Waals surface area contributed by atoms with Gasteiger partial charge < -0.3 is 15.3 Å². The molecule has 0 bridgehead atoms. The lowest BCUT2D eigenvalue weighted by molar-refractivity contribution is -0.132. The Morgan fingerprint density at radius 1 is 1.50 bits per heavy atom. The molecular weight excluding hydrogens is 276 g/mol. The largest absolute Gasteiger partial charge is 0.396 e. The average molecular weight is 298 g/mol. The third-order valence-corrected chi connectivity index (χ3v) is 3.95. The third-order valence-electron chi connectivity index (χ3n) is 2.96. The summed E-state index contributed by atoms with van der Waals surface area (Å²) in [5.41, 5.74) is 0. The Labute approximate surface area is 123 Å². The standard InChI is InChI=1S/C14H22N2O3S/c1-3-16(7-5-8-17)14(19)10-12(15-11(2)18)13-6-4-9-20-13/h4,6,9,12,17H,3,5,7-8,10H2,1-2H3,(H,15,18). The highest BCUT2D eigenvalue weighted by atomic mass is 32.1. The van der Waals surface area contributed by atoms with E-state index in [0.717, 1.165) is 4.88 Å². The van der Waals surface area contributed by atoms with Crippen LogP contribution in [0.2, 0.25) is 0 Å². The smallest absolute Gasteiger partial charge is 0.225 e. The molecule has 0 saturated heterocycles. The maximum absolute atomic E-state index is 12.3. The monoisotopic (exact) mass is 298 g/mol. The molecule has 0 aromatic carbocycles. The number of carbonyl (C=O) groups is 2. The number of rotatable bonds is 8. The molecule has 1 unspecified atom stereocenters. The average Bonchev–Trinajstić information content (AvgIpc) is 2.92. The summed E-state index contributed by atoms with van der Waals surface area (Å²) >= 11 is 1.53. The van der Waals surface area contributed by atoms with E-state index in [9.17, 15) is 9.59 Å². The molecular formula is C14H22N2O3S. The molecule has 20 heavy (non-hydrogen) atoms. The molecule has 6 heteroatoms. The highest BCUT2D eigenvalue weighted by Gasteiger charge is 2.21. The van der Waals surface area contributed by atoms with E-state index in [2.05, 4.69) is 5.32 Å². The van der Waals surface area contributed by atoms with Gasteiger partial charge in [-0.25, -0.2) is 0 Å². The van der Waals surface area contributed by atoms with Crippen molar-refractivity contribution in [2.24, 2.45) is 0 Å². The molecule has 5 nitrogen and oxygen atoms in total. The maximum Gasteiger partial charge on any atom is 0.225 e. The van der Waals surface area contributed by atoms with Gasteiger partial charge in [0.25, 0.3) is 0 Å². The van der Waals surface area contributed by atoms with E-state index in [-0.39, 0.29) is 30.9 Å². The van der Waals surface area contributed by atoms with Gasteiger partial charge in [0.05, 0.1) is 12.5 Å². The molecule has 1 aromatic heterocycles. The van der Waals surface area contributed by atoms with Crippen molar-refractivity contribution in [2.75, 3.05) is 19.7 Å². The summed E-state index contributed by atoms with van der Waals surface area (Å²) in [4.78, 5) is 26.2. The van der Waals surface area contributed by atoms with Gasteiger partial charge in [0.2, 0.25) is 11.8 Å². The number of hydrogen-bond acceptors (Lipinski definition) is 4. The zero-order chi connectivity index (χ0) is 15.0. The second-order valence-corrected chi connectivity index (χ2v) is 5.50. The summed E-state index contributed by atoms with van der Waals surface area (Å²) in [6.45, 7) is 4.59. The molecule has 1 aromatic rings. The molecule has 2 N–H and O–H groups in total. The zero-order valence-corrected chi connectivity index (χ0v) is 12.8. The summed E-state index contributed by atoms with van der Waals surface area (Å²) in [6, 6.07) is 3.55. The molecule has 2 amide bonds. The first-order chi connectivity index (χ1) is 9.58. The number of nitrogens with one attached hydrogen (secondary N) is 1. The van der Waals surface area contributed by atoms with Crippen molar-refractivity contribution in [3.63, 3.8) is 0 Å². The Kier molecular flexibility index (Phi) is 7.25. The van der Waals surface area contributed by atoms with E-state index in [0.29, 0.717) is 19.5 Å². The SMILES string of the molecule is CCN(CCCO)C(=O)CC(NC(C)=O)c1cccs1. The molecule has 1 atom stereocenters. The van der Waals surface area contributed by atoms with Gasteiger partial charge >= 0.3 is 0 Å². The predicted molar refractivity (Wildman–Crippen MR) is 79.5 cm³/mol. The Hall–Kier alpha value is -1.40. The second kappa shape index (κ2) is 8.71. The van der Waals surface area contributed by atoms with Gasteiger partial charge in [-0.2, -0.15) is 0 Å². The summed E-state index contributed by atoms with van der Waals surface area (Å²) in [5.74, 6) is -0.150. The molecule has 1 rings (SSSR count). The van der Waals surface area contributed by atoms with Gasteiger partial charge in [-0.15, -0.1) is 11.3 Å². The van der Waals surface area contributed by atoms with Gasteiger partial charge in [-0.05, 0) is 24.8 Å². The van der Waals surface area contributed by atoms with Crippen LogP contribution in [0.1, 0.15) is 37.6 Å². The highest BCUT2D eigenvalue weighted by Crippen LogP contribution is 2.22. The molecule has 112 valence electrons. The predicted octanol–water partition coefficient (Wildman–Crippen LogP) is 1.55. The van der Waals surface area contributed by atoms with Crippen molar-refractivity contribution in [2.45, 2.75) is 32.7 Å². The van der Waals surface area contributed by atoms with Gasteiger partial charge in [0.1, 0.15) is 0 Å². The topological polar surface area (TPSA) is 69.6 Å². The lowest BCUT2D eigenvalue weighted by Gasteiger charge is -2.23. The van der Waals surface area contributed by atoms with E-state index >= 15 is 0 Å². The van der Waals surface area contributed by atoms with Crippen LogP contribution in [0.4, 0.5) is 0 Å². The fourth-order valence-electron chi connectivity index (χ4n) is 1.98. The van der Waals surface area contributed by atoms with Crippen molar-refractivity contribution in [1.82, 2.24) is 10.2 Å². The minimum atomic E-state index is -0.275. The summed E-state index contributed by atoms with van der Waals surface area (Å²) in [6.07, 6.45) is 0.822. The molecule has 0 fully saturated rings. The third kappa shape index (κ3) is 5.30. The minimum Gasteiger partial charge on any atom is -0.396 e. The summed E-state index contributed by atoms with van der Waals surface area (Å²) in [7, 11) is 0. The number of thiophene rings is 1. The lowest BCUT2D eigenvalue weighted by Crippen LogP contribution is -2.36. The molecule has 0 aliphatic rings. The molecule has 0 spiro atoms. The van der Waals surface area contributed by atoms with Crippen LogP contribution >= 0.6 is 11.3 Å². The molecule has 0 aliphatic carbocycles. The van der Waals surface area contributed by atoms with Gasteiger partial charge in [-0.1, -0.05) is 6.07 Å². The van der Waals surface area contributed by atoms with Crippen molar-refractivity contribution in [3.05, 3.63) is 22.4 Å². The Morgan fingerprint density at radius 3 is 2.75 bits per heavy atom. The van der Waals surface area contributed by atoms with Crippen LogP contribution in [0.3, 0.4) is 0 Å². The highest BCUT2D eigenvalue weighted by molar-refractivity contribution is 7.10. The van der Waals surface area contributed by atoms with Crippen molar-refractivity contribution in [3.8, 4) is 0 Å². The first-order valence-corrected chi connectivity index (χ1v) is 7.65. The number of hydrogen-bond donors (Lipinski definition) is 2. The van der Waals surface area contributed by atoms with Crippen LogP contribution in [0.25, 0.3) is 0 Å². The van der Waals surface area contributed by atoms with E-state index in [1.807, 2.05) is 24.4 Å². The van der Waals surface area contributed by atoms with E-state index in [4.69, 9.17) is 5.11 Å². The first kappa shape index (κ1) is 16.7. The number of aliphatic hydroxyl groups is 1. The maximum atomic E-state index is 12.3. The first-order valence-electron chi connectivity index (χ1n) is 6.77. The number of nitrogens with zero attached hydrogens (tertiary/aromatic N) is 1. The molecule has 1 heterocycles. The second-order valence-electron chi connectivity index (χ2n) is 4.52. The van der Waals surface area contributed by atoms with Crippen LogP contribution in [0, 0.1) is 0 Å². The van der Waals surface area contributed by atoms with E-state index in [1.54, 1.807) is 4.90 Å². The van der Waals surface area contributed by atoms with E-state index in [1.165, 1.54) is 18.3 Å². The molecule has 0 saturated carbocycles. The van der Waals surface area contributed by atoms with Crippen LogP contribution in [0.5, 0.6) is 0 Å². The van der Waals surface area contributed by atoms with Crippen LogP contribution < -0.4 is 5.32 Å². The van der Waals surface area contributed by atoms with Crippen molar-refractivity contribution >= 4 is 23.2 Å². The Bertz CT molecular complexity index is 420. The molecule has 0 aliphatic heterocycles. The van der Waals surface area contributed by atoms with Crippen molar-refractivity contribution in [1.29, 1.82) is 0 Å². The van der Waals surface area contributed by atoms with Gasteiger partial charge in [0, 0.05) is 31.5 Å². The fourth-order valence-corrected chi connectivity index (χ4v) is 2.76. The Morgan fingerprint density at radius 2 is 2.25 bits per heavy atom. The lowest BCUT2D eigenvalue weighted by atomic mass is 10.1. The Balaban J connectivity index is 2.68. The molecule has 0 radical (unpaired) electrons. The quantitative estimate of drug-likeness (QED) is 0.765. The number of carbonyl (C=O) groups excluding carboxylic acids is 2. The fraction of sp³-hybridized carbons (Fsp3) is 0.571. The van der Waals surface area contributed by atoms with Gasteiger partial charge in [0.15, 0.2) is 0 Å². The summed E-state index contributed by atoms with van der Waals surface area (Å²) < 4.78 is 0. The minimum absolute atomic E-state index is 0.00639. The zero-order valence-electron chi connectivity index (χ0n) is 12.0. The summed E-state index contributed by atoms with van der Waals surface area (Å²) in [5, 5.41) is 13.6. The number of amides is 2. The van der Waals surface area contributed by atoms with E-state index < -0.39 is 0 Å². The normalized spacial score (nSPS) is 11.9. The van der Waals surface area contributed by atoms with Crippen LogP contribution in [0.15, 0.2) is 17.5 Å². The number of aliphatic hydroxyl groups excluding tert-OH is 1. The van der Waals surface area contributed by atoms with Crippen LogP contribution in [-0.4, -0.2) is 41.5 Å².